The van der Waals surface area contributed by atoms with Crippen molar-refractivity contribution in [3.05, 3.63) is 0 Å². The molecular weight excluding hydrogens is 220 g/mol. The predicted molar refractivity (Wildman–Crippen MR) is 64.8 cm³/mol. The van der Waals surface area contributed by atoms with Crippen molar-refractivity contribution < 1.29 is 14.7 Å². The Bertz CT molecular complexity index is 285. The maximum absolute atomic E-state index is 11.6. The number of nitrogens with one attached hydrogen (secondary N) is 2. The molecule has 1 fully saturated rings. The van der Waals surface area contributed by atoms with Crippen LogP contribution in [0.25, 0.3) is 0 Å². The van der Waals surface area contributed by atoms with Crippen LogP contribution in [0.4, 0.5) is 4.79 Å². The summed E-state index contributed by atoms with van der Waals surface area (Å²) in [6.07, 6.45) is 4.80. The molecule has 5 heteroatoms. The number of hydrogen-bond acceptors (Lipinski definition) is 2. The molecule has 0 heterocycles. The van der Waals surface area contributed by atoms with E-state index in [-0.39, 0.29) is 18.1 Å². The van der Waals surface area contributed by atoms with E-state index < -0.39 is 11.9 Å². The minimum atomic E-state index is -0.861. The molecule has 0 radical (unpaired) electrons. The molecule has 17 heavy (non-hydrogen) atoms. The third-order valence-corrected chi connectivity index (χ3v) is 3.47. The lowest BCUT2D eigenvalue weighted by Crippen LogP contribution is -2.49. The molecule has 0 spiro atoms. The van der Waals surface area contributed by atoms with Crippen LogP contribution in [0.15, 0.2) is 0 Å². The van der Waals surface area contributed by atoms with Gasteiger partial charge in [-0.3, -0.25) is 4.79 Å². The van der Waals surface area contributed by atoms with Crippen LogP contribution in [0.2, 0.25) is 0 Å². The Hall–Kier alpha value is -1.26. The average molecular weight is 242 g/mol. The molecule has 1 rings (SSSR count). The Morgan fingerprint density at radius 2 is 1.94 bits per heavy atom. The van der Waals surface area contributed by atoms with E-state index in [0.717, 1.165) is 25.7 Å². The molecule has 3 N–H and O–H groups in total. The molecular formula is C12H22N2O3. The van der Waals surface area contributed by atoms with E-state index in [0.29, 0.717) is 6.42 Å². The molecule has 0 aromatic heterocycles. The van der Waals surface area contributed by atoms with Crippen LogP contribution in [0.3, 0.4) is 0 Å². The highest BCUT2D eigenvalue weighted by molar-refractivity contribution is 5.76. The minimum Gasteiger partial charge on any atom is -0.481 e. The molecule has 5 nitrogen and oxygen atoms in total. The highest BCUT2D eigenvalue weighted by Gasteiger charge is 2.30. The molecule has 0 aromatic rings. The average Bonchev–Trinajstić information content (AvgIpc) is 2.65. The van der Waals surface area contributed by atoms with Gasteiger partial charge in [0.2, 0.25) is 0 Å². The zero-order chi connectivity index (χ0) is 12.9. The van der Waals surface area contributed by atoms with Gasteiger partial charge in [-0.1, -0.05) is 19.8 Å². The van der Waals surface area contributed by atoms with Crippen molar-refractivity contribution in [2.45, 2.75) is 51.5 Å². The number of hydrogen-bond donors (Lipinski definition) is 3. The van der Waals surface area contributed by atoms with Crippen LogP contribution < -0.4 is 10.6 Å². The van der Waals surface area contributed by atoms with Crippen LogP contribution in [0.5, 0.6) is 0 Å². The van der Waals surface area contributed by atoms with E-state index in [1.165, 1.54) is 0 Å². The Balaban J connectivity index is 2.32. The van der Waals surface area contributed by atoms with E-state index in [2.05, 4.69) is 10.6 Å². The zero-order valence-corrected chi connectivity index (χ0v) is 10.6. The van der Waals surface area contributed by atoms with E-state index >= 15 is 0 Å². The summed E-state index contributed by atoms with van der Waals surface area (Å²) in [5, 5.41) is 14.4. The lowest BCUT2D eigenvalue weighted by molar-refractivity contribution is -0.141. The summed E-state index contributed by atoms with van der Waals surface area (Å²) in [6.45, 7) is 4.03. The number of aliphatic carboxylic acids is 1. The lowest BCUT2D eigenvalue weighted by atomic mass is 10.0. The van der Waals surface area contributed by atoms with E-state index in [4.69, 9.17) is 5.11 Å². The molecule has 1 unspecified atom stereocenters. The second-order valence-electron chi connectivity index (χ2n) is 5.05. The van der Waals surface area contributed by atoms with Crippen molar-refractivity contribution in [1.29, 1.82) is 0 Å². The smallest absolute Gasteiger partial charge is 0.315 e. The summed E-state index contributed by atoms with van der Waals surface area (Å²) in [5.41, 5.74) is -0.116. The lowest BCUT2D eigenvalue weighted by Gasteiger charge is -2.25. The van der Waals surface area contributed by atoms with Crippen molar-refractivity contribution in [2.24, 2.45) is 5.92 Å². The van der Waals surface area contributed by atoms with E-state index in [1.807, 2.05) is 6.92 Å². The van der Waals surface area contributed by atoms with Gasteiger partial charge < -0.3 is 15.7 Å². The highest BCUT2D eigenvalue weighted by atomic mass is 16.4. The van der Waals surface area contributed by atoms with Crippen molar-refractivity contribution in [3.8, 4) is 0 Å². The van der Waals surface area contributed by atoms with Gasteiger partial charge in [0.1, 0.15) is 0 Å². The van der Waals surface area contributed by atoms with Gasteiger partial charge in [0.25, 0.3) is 0 Å². The van der Waals surface area contributed by atoms with Crippen molar-refractivity contribution >= 4 is 12.0 Å². The van der Waals surface area contributed by atoms with Crippen LogP contribution in [-0.2, 0) is 4.79 Å². The Morgan fingerprint density at radius 1 is 1.35 bits per heavy atom. The molecule has 98 valence electrons. The Labute approximate surface area is 102 Å². The van der Waals surface area contributed by atoms with Crippen LogP contribution in [0, 0.1) is 5.92 Å². The molecule has 1 atom stereocenters. The molecule has 1 saturated carbocycles. The second-order valence-corrected chi connectivity index (χ2v) is 5.05. The molecule has 0 aliphatic heterocycles. The number of amides is 2. The fraction of sp³-hybridized carbons (Fsp3) is 0.833. The summed E-state index contributed by atoms with van der Waals surface area (Å²) in [6, 6.07) is -0.255. The molecule has 1 aliphatic rings. The fourth-order valence-electron chi connectivity index (χ4n) is 2.22. The quantitative estimate of drug-likeness (QED) is 0.687. The monoisotopic (exact) mass is 242 g/mol. The topological polar surface area (TPSA) is 78.4 Å². The summed E-state index contributed by atoms with van der Waals surface area (Å²) in [4.78, 5) is 22.4. The number of carboxylic acid groups (broad SMARTS) is 1. The number of carbonyl (C=O) groups is 2. The summed E-state index contributed by atoms with van der Waals surface area (Å²) >= 11 is 0. The van der Waals surface area contributed by atoms with E-state index in [1.54, 1.807) is 6.92 Å². The van der Waals surface area contributed by atoms with Crippen LogP contribution >= 0.6 is 0 Å². The maximum atomic E-state index is 11.6. The fourth-order valence-corrected chi connectivity index (χ4v) is 2.22. The normalized spacial score (nSPS) is 19.6. The third-order valence-electron chi connectivity index (χ3n) is 3.47. The largest absolute Gasteiger partial charge is 0.481 e. The van der Waals surface area contributed by atoms with Gasteiger partial charge >= 0.3 is 12.0 Å². The summed E-state index contributed by atoms with van der Waals surface area (Å²) < 4.78 is 0. The highest BCUT2D eigenvalue weighted by Crippen LogP contribution is 2.28. The number of carbonyl (C=O) groups excluding carboxylic acids is 1. The first-order valence-corrected chi connectivity index (χ1v) is 6.25. The van der Waals surface area contributed by atoms with E-state index in [9.17, 15) is 9.59 Å². The number of rotatable bonds is 5. The van der Waals surface area contributed by atoms with Gasteiger partial charge in [0.05, 0.1) is 5.92 Å². The van der Waals surface area contributed by atoms with Gasteiger partial charge in [-0.05, 0) is 26.2 Å². The first-order chi connectivity index (χ1) is 7.97. The maximum Gasteiger partial charge on any atom is 0.315 e. The summed E-state index contributed by atoms with van der Waals surface area (Å²) in [7, 11) is 0. The van der Waals surface area contributed by atoms with Gasteiger partial charge in [0.15, 0.2) is 0 Å². The molecule has 2 amide bonds. The predicted octanol–water partition coefficient (Wildman–Crippen LogP) is 1.73. The zero-order valence-electron chi connectivity index (χ0n) is 10.6. The number of carboxylic acids is 1. The number of urea groups is 1. The second kappa shape index (κ2) is 5.89. The molecule has 0 bridgehead atoms. The molecule has 1 aliphatic carbocycles. The third kappa shape index (κ3) is 4.24. The first-order valence-electron chi connectivity index (χ1n) is 6.25. The minimum absolute atomic E-state index is 0.116. The van der Waals surface area contributed by atoms with Crippen molar-refractivity contribution in [3.63, 3.8) is 0 Å². The molecule has 0 aromatic carbocycles. The Kier molecular flexibility index (Phi) is 4.78. The van der Waals surface area contributed by atoms with Gasteiger partial charge in [0, 0.05) is 12.1 Å². The van der Waals surface area contributed by atoms with Crippen LogP contribution in [0.1, 0.15) is 46.0 Å². The van der Waals surface area contributed by atoms with Gasteiger partial charge in [-0.25, -0.2) is 4.79 Å². The molecule has 0 saturated heterocycles. The SMILES string of the molecule is CCC(CNC(=O)NC1(C)CCCC1)C(=O)O. The standard InChI is InChI=1S/C12H22N2O3/c1-3-9(10(15)16)8-13-11(17)14-12(2)6-4-5-7-12/h9H,3-8H2,1-2H3,(H,15,16)(H2,13,14,17). The Morgan fingerprint density at radius 3 is 2.41 bits per heavy atom. The van der Waals surface area contributed by atoms with Gasteiger partial charge in [-0.15, -0.1) is 0 Å². The van der Waals surface area contributed by atoms with Gasteiger partial charge in [-0.2, -0.15) is 0 Å². The van der Waals surface area contributed by atoms with Crippen molar-refractivity contribution in [2.75, 3.05) is 6.54 Å². The first kappa shape index (κ1) is 13.8. The van der Waals surface area contributed by atoms with Crippen molar-refractivity contribution in [1.82, 2.24) is 10.6 Å². The van der Waals surface area contributed by atoms with Crippen LogP contribution in [-0.4, -0.2) is 29.2 Å². The summed E-state index contributed by atoms with van der Waals surface area (Å²) in [5.74, 6) is -1.36.